The van der Waals surface area contributed by atoms with Crippen LogP contribution in [0.5, 0.6) is 0 Å². The Morgan fingerprint density at radius 1 is 1.36 bits per heavy atom. The predicted molar refractivity (Wildman–Crippen MR) is 98.3 cm³/mol. The Bertz CT molecular complexity index is 608. The lowest BCUT2D eigenvalue weighted by Gasteiger charge is -2.28. The van der Waals surface area contributed by atoms with Crippen molar-refractivity contribution in [2.24, 2.45) is 0 Å². The number of nitrogens with one attached hydrogen (secondary N) is 2. The van der Waals surface area contributed by atoms with Crippen LogP contribution in [0.1, 0.15) is 64.0 Å². The molecule has 138 valence electrons. The van der Waals surface area contributed by atoms with Gasteiger partial charge in [0.1, 0.15) is 11.6 Å². The van der Waals surface area contributed by atoms with E-state index in [1.165, 1.54) is 31.3 Å². The van der Waals surface area contributed by atoms with Crippen molar-refractivity contribution >= 4 is 5.91 Å². The Hall–Kier alpha value is -1.69. The van der Waals surface area contributed by atoms with Gasteiger partial charge in [-0.25, -0.2) is 0 Å². The first-order valence-corrected chi connectivity index (χ1v) is 9.80. The molecule has 0 unspecified atom stereocenters. The van der Waals surface area contributed by atoms with Gasteiger partial charge in [-0.3, -0.25) is 4.79 Å². The number of hydrogen-bond acceptors (Lipinski definition) is 4. The van der Waals surface area contributed by atoms with Crippen LogP contribution in [0.15, 0.2) is 11.6 Å². The minimum atomic E-state index is -0.173. The summed E-state index contributed by atoms with van der Waals surface area (Å²) < 4.78 is 2.21. The summed E-state index contributed by atoms with van der Waals surface area (Å²) in [6.45, 7) is 5.66. The fraction of sp³-hybridized carbons (Fsp3) is 0.737. The molecular weight excluding hydrogens is 314 g/mol. The molecule has 0 radical (unpaired) electrons. The standard InChI is InChI=1S/C19H31N5O/c1-3-17-22-23-18-10-9-16(13-24(17)18)21-14(2)19(25)20-12-11-15-7-5-4-6-8-15/h7,14,16,21H,3-6,8-13H2,1-2H3,(H,20,25)/t14-,16-/m1/s1. The zero-order chi connectivity index (χ0) is 17.6. The second-order valence-corrected chi connectivity index (χ2v) is 7.27. The Balaban J connectivity index is 1.43. The monoisotopic (exact) mass is 345 g/mol. The highest BCUT2D eigenvalue weighted by atomic mass is 16.2. The first-order chi connectivity index (χ1) is 12.2. The average Bonchev–Trinajstić information content (AvgIpc) is 3.04. The highest BCUT2D eigenvalue weighted by Gasteiger charge is 2.25. The summed E-state index contributed by atoms with van der Waals surface area (Å²) in [5.41, 5.74) is 1.51. The number of carbonyl (C=O) groups excluding carboxylic acids is 1. The lowest BCUT2D eigenvalue weighted by Crippen LogP contribution is -2.49. The lowest BCUT2D eigenvalue weighted by atomic mass is 9.97. The first-order valence-electron chi connectivity index (χ1n) is 9.80. The number of nitrogens with zero attached hydrogens (tertiary/aromatic N) is 3. The number of aromatic nitrogens is 3. The van der Waals surface area contributed by atoms with E-state index < -0.39 is 0 Å². The van der Waals surface area contributed by atoms with Crippen molar-refractivity contribution in [3.8, 4) is 0 Å². The van der Waals surface area contributed by atoms with E-state index >= 15 is 0 Å². The molecule has 0 fully saturated rings. The van der Waals surface area contributed by atoms with Crippen molar-refractivity contribution in [1.82, 2.24) is 25.4 Å². The maximum Gasteiger partial charge on any atom is 0.236 e. The molecule has 6 heteroatoms. The quantitative estimate of drug-likeness (QED) is 0.743. The van der Waals surface area contributed by atoms with Gasteiger partial charge in [0, 0.05) is 32.0 Å². The van der Waals surface area contributed by atoms with Crippen molar-refractivity contribution < 1.29 is 4.79 Å². The van der Waals surface area contributed by atoms with E-state index in [1.807, 2.05) is 6.92 Å². The van der Waals surface area contributed by atoms with Gasteiger partial charge in [0.05, 0.1) is 6.04 Å². The molecule has 3 rings (SSSR count). The second kappa shape index (κ2) is 8.61. The summed E-state index contributed by atoms with van der Waals surface area (Å²) in [4.78, 5) is 12.4. The molecule has 2 N–H and O–H groups in total. The number of fused-ring (bicyclic) bond motifs is 1. The molecule has 0 saturated carbocycles. The van der Waals surface area contributed by atoms with Crippen LogP contribution in [0.4, 0.5) is 0 Å². The summed E-state index contributed by atoms with van der Waals surface area (Å²) in [6, 6.07) is 0.129. The van der Waals surface area contributed by atoms with Gasteiger partial charge in [-0.2, -0.15) is 0 Å². The molecule has 6 nitrogen and oxygen atoms in total. The van der Waals surface area contributed by atoms with Crippen molar-refractivity contribution in [3.05, 3.63) is 23.3 Å². The molecular formula is C19H31N5O. The van der Waals surface area contributed by atoms with E-state index in [0.717, 1.165) is 50.4 Å². The van der Waals surface area contributed by atoms with E-state index in [9.17, 15) is 4.79 Å². The highest BCUT2D eigenvalue weighted by Crippen LogP contribution is 2.19. The maximum absolute atomic E-state index is 12.4. The van der Waals surface area contributed by atoms with Crippen LogP contribution in [0.2, 0.25) is 0 Å². The summed E-state index contributed by atoms with van der Waals surface area (Å²) in [7, 11) is 0. The van der Waals surface area contributed by atoms with Gasteiger partial charge in [-0.15, -0.1) is 10.2 Å². The highest BCUT2D eigenvalue weighted by molar-refractivity contribution is 5.81. The smallest absolute Gasteiger partial charge is 0.236 e. The van der Waals surface area contributed by atoms with Crippen LogP contribution in [-0.4, -0.2) is 39.3 Å². The van der Waals surface area contributed by atoms with Gasteiger partial charge in [0.15, 0.2) is 0 Å². The van der Waals surface area contributed by atoms with Gasteiger partial charge in [0.25, 0.3) is 0 Å². The Labute approximate surface area is 150 Å². The summed E-state index contributed by atoms with van der Waals surface area (Å²) in [6.07, 6.45) is 11.2. The summed E-state index contributed by atoms with van der Waals surface area (Å²) in [5.74, 6) is 2.22. The third-order valence-electron chi connectivity index (χ3n) is 5.35. The molecule has 0 aromatic carbocycles. The Morgan fingerprint density at radius 3 is 3.00 bits per heavy atom. The minimum Gasteiger partial charge on any atom is -0.354 e. The largest absolute Gasteiger partial charge is 0.354 e. The molecule has 0 spiro atoms. The van der Waals surface area contributed by atoms with E-state index in [2.05, 4.69) is 38.4 Å². The van der Waals surface area contributed by atoms with E-state index in [0.29, 0.717) is 6.04 Å². The molecule has 1 aliphatic heterocycles. The number of rotatable bonds is 7. The molecule has 1 aromatic rings. The van der Waals surface area contributed by atoms with E-state index in [-0.39, 0.29) is 11.9 Å². The van der Waals surface area contributed by atoms with Crippen molar-refractivity contribution in [2.75, 3.05) is 6.54 Å². The van der Waals surface area contributed by atoms with Crippen molar-refractivity contribution in [3.63, 3.8) is 0 Å². The molecule has 2 aliphatic rings. The van der Waals surface area contributed by atoms with Crippen LogP contribution in [-0.2, 0) is 24.2 Å². The summed E-state index contributed by atoms with van der Waals surface area (Å²) >= 11 is 0. The molecule has 2 atom stereocenters. The fourth-order valence-corrected chi connectivity index (χ4v) is 3.84. The topological polar surface area (TPSA) is 71.8 Å². The van der Waals surface area contributed by atoms with E-state index in [4.69, 9.17) is 0 Å². The molecule has 1 amide bonds. The lowest BCUT2D eigenvalue weighted by molar-refractivity contribution is -0.122. The average molecular weight is 345 g/mol. The number of hydrogen-bond donors (Lipinski definition) is 2. The zero-order valence-corrected chi connectivity index (χ0v) is 15.6. The number of amides is 1. The predicted octanol–water partition coefficient (Wildman–Crippen LogP) is 2.14. The van der Waals surface area contributed by atoms with Gasteiger partial charge in [-0.1, -0.05) is 18.6 Å². The zero-order valence-electron chi connectivity index (χ0n) is 15.6. The Morgan fingerprint density at radius 2 is 2.24 bits per heavy atom. The third kappa shape index (κ3) is 4.69. The minimum absolute atomic E-state index is 0.0988. The van der Waals surface area contributed by atoms with Crippen LogP contribution in [0.25, 0.3) is 0 Å². The number of carbonyl (C=O) groups is 1. The first kappa shape index (κ1) is 18.1. The van der Waals surface area contributed by atoms with Gasteiger partial charge in [0.2, 0.25) is 5.91 Å². The number of aryl methyl sites for hydroxylation is 2. The Kier molecular flexibility index (Phi) is 6.24. The summed E-state index contributed by atoms with van der Waals surface area (Å²) in [5, 5.41) is 15.1. The fourth-order valence-electron chi connectivity index (χ4n) is 3.84. The van der Waals surface area contributed by atoms with Crippen molar-refractivity contribution in [2.45, 2.75) is 83.8 Å². The van der Waals surface area contributed by atoms with Crippen LogP contribution >= 0.6 is 0 Å². The van der Waals surface area contributed by atoms with Crippen LogP contribution < -0.4 is 10.6 Å². The van der Waals surface area contributed by atoms with Crippen LogP contribution in [0.3, 0.4) is 0 Å². The molecule has 0 saturated heterocycles. The van der Waals surface area contributed by atoms with Gasteiger partial charge >= 0.3 is 0 Å². The van der Waals surface area contributed by atoms with Gasteiger partial charge < -0.3 is 15.2 Å². The number of allylic oxidation sites excluding steroid dienone is 1. The SMILES string of the molecule is CCc1nnc2n1C[C@H](N[C@H](C)C(=O)NCCC1=CCCCC1)CC2. The maximum atomic E-state index is 12.4. The molecule has 2 heterocycles. The van der Waals surface area contributed by atoms with Crippen LogP contribution in [0, 0.1) is 0 Å². The molecule has 1 aliphatic carbocycles. The van der Waals surface area contributed by atoms with E-state index in [1.54, 1.807) is 0 Å². The second-order valence-electron chi connectivity index (χ2n) is 7.27. The molecule has 0 bridgehead atoms. The third-order valence-corrected chi connectivity index (χ3v) is 5.35. The molecule has 1 aromatic heterocycles. The molecule has 25 heavy (non-hydrogen) atoms. The van der Waals surface area contributed by atoms with Gasteiger partial charge in [-0.05, 0) is 45.4 Å². The van der Waals surface area contributed by atoms with Crippen molar-refractivity contribution in [1.29, 1.82) is 0 Å². The normalized spacial score (nSPS) is 21.4.